The quantitative estimate of drug-likeness (QED) is 0.788. The zero-order chi connectivity index (χ0) is 10.7. The van der Waals surface area contributed by atoms with Crippen LogP contribution in [0, 0.1) is 0 Å². The van der Waals surface area contributed by atoms with Crippen molar-refractivity contribution in [3.05, 3.63) is 23.9 Å². The van der Waals surface area contributed by atoms with Crippen molar-refractivity contribution in [1.82, 2.24) is 4.98 Å². The van der Waals surface area contributed by atoms with Crippen molar-refractivity contribution in [3.8, 4) is 0 Å². The number of anilines is 1. The first kappa shape index (κ1) is 10.9. The molecule has 82 valence electrons. The monoisotopic (exact) mass is 270 g/mol. The summed E-state index contributed by atoms with van der Waals surface area (Å²) in [6, 6.07) is 4.54. The number of hydrogen-bond acceptors (Lipinski definition) is 3. The topological polar surface area (TPSA) is 25.4 Å². The van der Waals surface area contributed by atoms with Gasteiger partial charge in [0, 0.05) is 30.7 Å². The highest BCUT2D eigenvalue weighted by atomic mass is 79.9. The third kappa shape index (κ3) is 2.32. The van der Waals surface area contributed by atoms with Gasteiger partial charge in [-0.2, -0.15) is 0 Å². The molecule has 1 aromatic rings. The second kappa shape index (κ2) is 4.94. The minimum Gasteiger partial charge on any atom is -0.379 e. The summed E-state index contributed by atoms with van der Waals surface area (Å²) >= 11 is 3.49. The molecule has 1 unspecified atom stereocenters. The molecule has 4 heteroatoms. The van der Waals surface area contributed by atoms with Gasteiger partial charge in [-0.1, -0.05) is 22.0 Å². The summed E-state index contributed by atoms with van der Waals surface area (Å²) in [5.41, 5.74) is 1.23. The minimum absolute atomic E-state index is 0.470. The van der Waals surface area contributed by atoms with Gasteiger partial charge in [0.25, 0.3) is 0 Å². The molecular weight excluding hydrogens is 256 g/mol. The number of halogens is 1. The van der Waals surface area contributed by atoms with Crippen LogP contribution in [0.1, 0.15) is 12.0 Å². The predicted octanol–water partition coefficient (Wildman–Crippen LogP) is 2.20. The van der Waals surface area contributed by atoms with Crippen LogP contribution in [0.4, 0.5) is 5.82 Å². The number of likely N-dealkylation sites (N-methyl/N-ethyl adjacent to an activating group) is 1. The van der Waals surface area contributed by atoms with Crippen molar-refractivity contribution >= 4 is 21.7 Å². The molecule has 0 spiro atoms. The lowest BCUT2D eigenvalue weighted by Crippen LogP contribution is -2.33. The smallest absolute Gasteiger partial charge is 0.132 e. The highest BCUT2D eigenvalue weighted by Gasteiger charge is 2.22. The zero-order valence-electron chi connectivity index (χ0n) is 8.82. The predicted molar refractivity (Wildman–Crippen MR) is 64.5 cm³/mol. The molecule has 1 aliphatic heterocycles. The van der Waals surface area contributed by atoms with Crippen LogP contribution in [0.15, 0.2) is 18.3 Å². The van der Waals surface area contributed by atoms with Gasteiger partial charge in [-0.05, 0) is 12.5 Å². The lowest BCUT2D eigenvalue weighted by atomic mass is 10.2. The molecule has 1 atom stereocenters. The normalized spacial score (nSPS) is 20.5. The van der Waals surface area contributed by atoms with Crippen molar-refractivity contribution in [2.75, 3.05) is 25.2 Å². The third-order valence-corrected chi connectivity index (χ3v) is 3.40. The Balaban J connectivity index is 2.19. The number of rotatable bonds is 3. The van der Waals surface area contributed by atoms with Gasteiger partial charge in [-0.25, -0.2) is 4.98 Å². The molecule has 1 fully saturated rings. The Morgan fingerprint density at radius 1 is 1.67 bits per heavy atom. The van der Waals surface area contributed by atoms with Gasteiger partial charge in [0.2, 0.25) is 0 Å². The van der Waals surface area contributed by atoms with Gasteiger partial charge >= 0.3 is 0 Å². The Morgan fingerprint density at radius 2 is 2.53 bits per heavy atom. The number of ether oxygens (including phenoxy) is 1. The molecule has 1 aliphatic rings. The maximum atomic E-state index is 5.39. The second-order valence-corrected chi connectivity index (χ2v) is 4.31. The van der Waals surface area contributed by atoms with Crippen LogP contribution in [0.3, 0.4) is 0 Å². The summed E-state index contributed by atoms with van der Waals surface area (Å²) in [6.07, 6.45) is 2.93. The number of hydrogen-bond donors (Lipinski definition) is 0. The molecule has 0 bridgehead atoms. The number of aromatic nitrogens is 1. The van der Waals surface area contributed by atoms with E-state index in [2.05, 4.69) is 38.9 Å². The standard InChI is InChI=1S/C11H15BrN2O/c1-14(10-4-6-15-8-10)11-9(7-12)3-2-5-13-11/h2-3,5,10H,4,6-8H2,1H3. The van der Waals surface area contributed by atoms with Crippen LogP contribution in [0.2, 0.25) is 0 Å². The van der Waals surface area contributed by atoms with E-state index in [1.165, 1.54) is 5.56 Å². The summed E-state index contributed by atoms with van der Waals surface area (Å²) in [4.78, 5) is 6.66. The van der Waals surface area contributed by atoms with Crippen LogP contribution in [-0.4, -0.2) is 31.3 Å². The lowest BCUT2D eigenvalue weighted by molar-refractivity contribution is 0.193. The second-order valence-electron chi connectivity index (χ2n) is 3.75. The lowest BCUT2D eigenvalue weighted by Gasteiger charge is -2.25. The van der Waals surface area contributed by atoms with Gasteiger partial charge in [0.15, 0.2) is 0 Å². The van der Waals surface area contributed by atoms with Gasteiger partial charge < -0.3 is 9.64 Å². The van der Waals surface area contributed by atoms with Crippen LogP contribution >= 0.6 is 15.9 Å². The highest BCUT2D eigenvalue weighted by Crippen LogP contribution is 2.23. The fraction of sp³-hybridized carbons (Fsp3) is 0.545. The van der Waals surface area contributed by atoms with E-state index >= 15 is 0 Å². The Kier molecular flexibility index (Phi) is 3.59. The molecule has 0 aliphatic carbocycles. The SMILES string of the molecule is CN(c1ncccc1CBr)C1CCOC1. The van der Waals surface area contributed by atoms with Gasteiger partial charge in [0.1, 0.15) is 5.82 Å². The maximum Gasteiger partial charge on any atom is 0.132 e. The molecule has 0 aromatic carbocycles. The first-order valence-electron chi connectivity index (χ1n) is 5.13. The van der Waals surface area contributed by atoms with Gasteiger partial charge in [0.05, 0.1) is 12.6 Å². The Labute approximate surface area is 98.6 Å². The highest BCUT2D eigenvalue weighted by molar-refractivity contribution is 9.08. The molecule has 15 heavy (non-hydrogen) atoms. The molecule has 2 heterocycles. The van der Waals surface area contributed by atoms with E-state index < -0.39 is 0 Å². The summed E-state index contributed by atoms with van der Waals surface area (Å²) in [7, 11) is 2.09. The molecule has 1 aromatic heterocycles. The number of nitrogens with zero attached hydrogens (tertiary/aromatic N) is 2. The maximum absolute atomic E-state index is 5.39. The average Bonchev–Trinajstić information content (AvgIpc) is 2.81. The molecule has 0 amide bonds. The molecule has 1 saturated heterocycles. The van der Waals surface area contributed by atoms with Crippen LogP contribution in [0.5, 0.6) is 0 Å². The first-order chi connectivity index (χ1) is 7.33. The summed E-state index contributed by atoms with van der Waals surface area (Å²) in [5.74, 6) is 1.06. The Hall–Kier alpha value is -0.610. The van der Waals surface area contributed by atoms with Crippen LogP contribution < -0.4 is 4.90 Å². The Morgan fingerprint density at radius 3 is 3.20 bits per heavy atom. The number of pyridine rings is 1. The fourth-order valence-electron chi connectivity index (χ4n) is 1.85. The van der Waals surface area contributed by atoms with Gasteiger partial charge in [-0.15, -0.1) is 0 Å². The van der Waals surface area contributed by atoms with Crippen LogP contribution in [0.25, 0.3) is 0 Å². The average molecular weight is 271 g/mol. The van der Waals surface area contributed by atoms with E-state index in [9.17, 15) is 0 Å². The molecule has 0 saturated carbocycles. The minimum atomic E-state index is 0.470. The molecule has 0 radical (unpaired) electrons. The molecule has 3 nitrogen and oxygen atoms in total. The van der Waals surface area contributed by atoms with Crippen molar-refractivity contribution in [2.24, 2.45) is 0 Å². The summed E-state index contributed by atoms with van der Waals surface area (Å²) in [5, 5.41) is 0.841. The van der Waals surface area contributed by atoms with Gasteiger partial charge in [-0.3, -0.25) is 0 Å². The van der Waals surface area contributed by atoms with Crippen molar-refractivity contribution in [3.63, 3.8) is 0 Å². The zero-order valence-corrected chi connectivity index (χ0v) is 10.4. The van der Waals surface area contributed by atoms with E-state index in [-0.39, 0.29) is 0 Å². The van der Waals surface area contributed by atoms with Crippen LogP contribution in [-0.2, 0) is 10.1 Å². The van der Waals surface area contributed by atoms with Crippen molar-refractivity contribution in [1.29, 1.82) is 0 Å². The van der Waals surface area contributed by atoms with Crippen molar-refractivity contribution < 1.29 is 4.74 Å². The van der Waals surface area contributed by atoms with E-state index in [4.69, 9.17) is 4.74 Å². The molecule has 0 N–H and O–H groups in total. The van der Waals surface area contributed by atoms with E-state index in [1.807, 2.05) is 12.3 Å². The van der Waals surface area contributed by atoms with E-state index in [1.54, 1.807) is 0 Å². The Bertz CT molecular complexity index is 326. The van der Waals surface area contributed by atoms with Crippen molar-refractivity contribution in [2.45, 2.75) is 17.8 Å². The summed E-state index contributed by atoms with van der Waals surface area (Å²) < 4.78 is 5.39. The fourth-order valence-corrected chi connectivity index (χ4v) is 2.29. The third-order valence-electron chi connectivity index (χ3n) is 2.80. The molecular formula is C11H15BrN2O. The molecule has 2 rings (SSSR count). The first-order valence-corrected chi connectivity index (χ1v) is 6.25. The van der Waals surface area contributed by atoms with E-state index in [0.717, 1.165) is 30.8 Å². The summed E-state index contributed by atoms with van der Waals surface area (Å²) in [6.45, 7) is 1.68. The largest absolute Gasteiger partial charge is 0.379 e. The number of alkyl halides is 1. The van der Waals surface area contributed by atoms with E-state index in [0.29, 0.717) is 6.04 Å².